The monoisotopic (exact) mass is 343 g/mol. The third kappa shape index (κ3) is 4.56. The third-order valence-electron chi connectivity index (χ3n) is 3.82. The van der Waals surface area contributed by atoms with E-state index in [2.05, 4.69) is 5.43 Å². The van der Waals surface area contributed by atoms with Gasteiger partial charge in [0.1, 0.15) is 11.4 Å². The van der Waals surface area contributed by atoms with Crippen LogP contribution in [0.15, 0.2) is 18.2 Å². The van der Waals surface area contributed by atoms with Crippen LogP contribution in [0.2, 0.25) is 5.02 Å². The molecule has 0 aliphatic carbocycles. The van der Waals surface area contributed by atoms with E-state index in [1.165, 1.54) is 6.07 Å². The molecule has 1 amide bonds. The Morgan fingerprint density at radius 1 is 1.52 bits per heavy atom. The molecule has 0 bridgehead atoms. The average molecular weight is 344 g/mol. The predicted molar refractivity (Wildman–Crippen MR) is 87.4 cm³/mol. The first kappa shape index (κ1) is 18.0. The summed E-state index contributed by atoms with van der Waals surface area (Å²) in [5, 5.41) is 0.337. The van der Waals surface area contributed by atoms with E-state index in [-0.39, 0.29) is 18.1 Å². The highest BCUT2D eigenvalue weighted by atomic mass is 35.5. The van der Waals surface area contributed by atoms with Crippen molar-refractivity contribution in [2.24, 2.45) is 11.8 Å². The van der Waals surface area contributed by atoms with Gasteiger partial charge in [-0.15, -0.1) is 0 Å². The van der Waals surface area contributed by atoms with E-state index < -0.39 is 11.4 Å². The summed E-state index contributed by atoms with van der Waals surface area (Å²) in [5.41, 5.74) is 2.58. The molecule has 1 aliphatic heterocycles. The van der Waals surface area contributed by atoms with Gasteiger partial charge < -0.3 is 9.64 Å². The van der Waals surface area contributed by atoms with Crippen LogP contribution in [0.4, 0.5) is 9.18 Å². The van der Waals surface area contributed by atoms with Crippen molar-refractivity contribution in [2.45, 2.75) is 38.8 Å². The second-order valence-electron chi connectivity index (χ2n) is 6.79. The van der Waals surface area contributed by atoms with Gasteiger partial charge in [0, 0.05) is 23.7 Å². The number of nitrogens with one attached hydrogen (secondary N) is 1. The fraction of sp³-hybridized carbons (Fsp3) is 0.562. The van der Waals surface area contributed by atoms with Gasteiger partial charge in [-0.1, -0.05) is 17.7 Å². The number of rotatable bonds is 3. The summed E-state index contributed by atoms with van der Waals surface area (Å²) >= 11 is 5.79. The molecule has 7 heteroatoms. The molecular weight excluding hydrogens is 321 g/mol. The Balaban J connectivity index is 2.08. The van der Waals surface area contributed by atoms with Crippen LogP contribution in [0.25, 0.3) is 0 Å². The molecule has 0 saturated carbocycles. The maximum atomic E-state index is 14.1. The molecule has 0 aromatic heterocycles. The first-order chi connectivity index (χ1) is 10.7. The minimum Gasteiger partial charge on any atom is -0.444 e. The van der Waals surface area contributed by atoms with E-state index in [0.717, 1.165) is 6.42 Å². The molecule has 3 N–H and O–H groups in total. The van der Waals surface area contributed by atoms with Crippen molar-refractivity contribution in [1.29, 1.82) is 0 Å². The Kier molecular flexibility index (Phi) is 5.49. The minimum atomic E-state index is -0.539. The van der Waals surface area contributed by atoms with E-state index >= 15 is 0 Å². The Hall–Kier alpha value is -1.37. The largest absolute Gasteiger partial charge is 0.444 e. The van der Waals surface area contributed by atoms with Crippen molar-refractivity contribution < 1.29 is 13.9 Å². The van der Waals surface area contributed by atoms with Crippen molar-refractivity contribution in [3.05, 3.63) is 34.6 Å². The molecule has 1 aromatic carbocycles. The number of ether oxygens (including phenoxy) is 1. The Morgan fingerprint density at radius 3 is 2.78 bits per heavy atom. The first-order valence-electron chi connectivity index (χ1n) is 7.60. The SMILES string of the molecule is CC(C)(C)OC(=O)N1CCC(C(NN)c2ccc(Cl)cc2F)C1. The van der Waals surface area contributed by atoms with E-state index in [0.29, 0.717) is 23.7 Å². The van der Waals surface area contributed by atoms with Crippen molar-refractivity contribution >= 4 is 17.7 Å². The molecule has 5 nitrogen and oxygen atoms in total. The first-order valence-corrected chi connectivity index (χ1v) is 7.98. The molecule has 128 valence electrons. The Bertz CT molecular complexity index is 577. The van der Waals surface area contributed by atoms with E-state index in [1.54, 1.807) is 17.0 Å². The van der Waals surface area contributed by atoms with Crippen LogP contribution in [0.1, 0.15) is 38.8 Å². The van der Waals surface area contributed by atoms with E-state index in [4.69, 9.17) is 22.2 Å². The normalized spacial score (nSPS) is 19.7. The average Bonchev–Trinajstić information content (AvgIpc) is 2.90. The molecule has 2 unspecified atom stereocenters. The number of amides is 1. The van der Waals surface area contributed by atoms with Gasteiger partial charge in [0.05, 0.1) is 6.04 Å². The number of hydrogen-bond acceptors (Lipinski definition) is 4. The van der Waals surface area contributed by atoms with Crippen LogP contribution in [0.3, 0.4) is 0 Å². The van der Waals surface area contributed by atoms with Crippen molar-refractivity contribution in [1.82, 2.24) is 10.3 Å². The zero-order valence-corrected chi connectivity index (χ0v) is 14.4. The lowest BCUT2D eigenvalue weighted by Crippen LogP contribution is -2.38. The molecule has 2 atom stereocenters. The van der Waals surface area contributed by atoms with Crippen LogP contribution in [0, 0.1) is 11.7 Å². The number of nitrogens with two attached hydrogens (primary N) is 1. The Labute approximate surface area is 140 Å². The number of likely N-dealkylation sites (tertiary alicyclic amines) is 1. The molecule has 1 heterocycles. The van der Waals surface area contributed by atoms with Crippen LogP contribution in [-0.4, -0.2) is 29.7 Å². The summed E-state index contributed by atoms with van der Waals surface area (Å²) in [6, 6.07) is 4.13. The van der Waals surface area contributed by atoms with E-state index in [9.17, 15) is 9.18 Å². The highest BCUT2D eigenvalue weighted by Crippen LogP contribution is 2.32. The molecule has 23 heavy (non-hydrogen) atoms. The molecule has 1 aliphatic rings. The summed E-state index contributed by atoms with van der Waals surface area (Å²) in [5.74, 6) is 5.23. The lowest BCUT2D eigenvalue weighted by atomic mass is 9.92. The maximum absolute atomic E-state index is 14.1. The molecular formula is C16H23ClFN3O2. The number of benzene rings is 1. The van der Waals surface area contributed by atoms with Gasteiger partial charge in [-0.25, -0.2) is 9.18 Å². The number of carbonyl (C=O) groups excluding carboxylic acids is 1. The zero-order valence-electron chi connectivity index (χ0n) is 13.6. The third-order valence-corrected chi connectivity index (χ3v) is 4.06. The van der Waals surface area contributed by atoms with Gasteiger partial charge in [-0.2, -0.15) is 0 Å². The zero-order chi connectivity index (χ0) is 17.2. The standard InChI is InChI=1S/C16H23ClFN3O2/c1-16(2,3)23-15(22)21-7-6-10(9-21)14(20-19)12-5-4-11(17)8-13(12)18/h4-5,8,10,14,20H,6-7,9,19H2,1-3H3. The highest BCUT2D eigenvalue weighted by molar-refractivity contribution is 6.30. The lowest BCUT2D eigenvalue weighted by Gasteiger charge is -2.26. The quantitative estimate of drug-likeness (QED) is 0.653. The number of carbonyl (C=O) groups is 1. The van der Waals surface area contributed by atoms with Gasteiger partial charge in [0.2, 0.25) is 0 Å². The minimum absolute atomic E-state index is 0.00296. The number of nitrogens with zero attached hydrogens (tertiary/aromatic N) is 1. The molecule has 0 radical (unpaired) electrons. The van der Waals surface area contributed by atoms with Gasteiger partial charge in [0.25, 0.3) is 0 Å². The number of halogens is 2. The molecule has 1 saturated heterocycles. The fourth-order valence-corrected chi connectivity index (χ4v) is 2.94. The fourth-order valence-electron chi connectivity index (χ4n) is 2.79. The summed E-state index contributed by atoms with van der Waals surface area (Å²) in [4.78, 5) is 13.8. The highest BCUT2D eigenvalue weighted by Gasteiger charge is 2.35. The van der Waals surface area contributed by atoms with Gasteiger partial charge >= 0.3 is 6.09 Å². The Morgan fingerprint density at radius 2 is 2.22 bits per heavy atom. The van der Waals surface area contributed by atoms with Gasteiger partial charge in [-0.05, 0) is 45.2 Å². The molecule has 2 rings (SSSR count). The van der Waals surface area contributed by atoms with Crippen LogP contribution >= 0.6 is 11.6 Å². The summed E-state index contributed by atoms with van der Waals surface area (Å²) < 4.78 is 19.5. The second kappa shape index (κ2) is 7.03. The maximum Gasteiger partial charge on any atom is 0.410 e. The number of hydrogen-bond donors (Lipinski definition) is 2. The second-order valence-corrected chi connectivity index (χ2v) is 7.22. The lowest BCUT2D eigenvalue weighted by molar-refractivity contribution is 0.0285. The van der Waals surface area contributed by atoms with Crippen molar-refractivity contribution in [3.8, 4) is 0 Å². The topological polar surface area (TPSA) is 67.6 Å². The smallest absolute Gasteiger partial charge is 0.410 e. The molecule has 1 aromatic rings. The van der Waals surface area contributed by atoms with Gasteiger partial charge in [-0.3, -0.25) is 11.3 Å². The summed E-state index contributed by atoms with van der Waals surface area (Å²) in [6.07, 6.45) is 0.364. The van der Waals surface area contributed by atoms with Crippen molar-refractivity contribution in [3.63, 3.8) is 0 Å². The van der Waals surface area contributed by atoms with Gasteiger partial charge in [0.15, 0.2) is 0 Å². The van der Waals surface area contributed by atoms with Crippen LogP contribution in [-0.2, 0) is 4.74 Å². The molecule has 0 spiro atoms. The van der Waals surface area contributed by atoms with E-state index in [1.807, 2.05) is 20.8 Å². The number of hydrazine groups is 1. The summed E-state index contributed by atoms with van der Waals surface area (Å²) in [6.45, 7) is 6.50. The molecule has 1 fully saturated rings. The van der Waals surface area contributed by atoms with Crippen molar-refractivity contribution in [2.75, 3.05) is 13.1 Å². The predicted octanol–water partition coefficient (Wildman–Crippen LogP) is 3.24. The summed E-state index contributed by atoms with van der Waals surface area (Å²) in [7, 11) is 0. The van der Waals surface area contributed by atoms with Crippen LogP contribution < -0.4 is 11.3 Å². The van der Waals surface area contributed by atoms with Crippen LogP contribution in [0.5, 0.6) is 0 Å².